The largest absolute Gasteiger partial charge is 0.345 e. The Morgan fingerprint density at radius 1 is 1.32 bits per heavy atom. The van der Waals surface area contributed by atoms with Crippen LogP contribution in [0.2, 0.25) is 0 Å². The van der Waals surface area contributed by atoms with E-state index in [2.05, 4.69) is 24.3 Å². The summed E-state index contributed by atoms with van der Waals surface area (Å²) in [6, 6.07) is 10.5. The molecule has 1 aliphatic carbocycles. The number of aryl methyl sites for hydroxylation is 1. The highest BCUT2D eigenvalue weighted by Crippen LogP contribution is 2.25. The zero-order chi connectivity index (χ0) is 13.7. The predicted molar refractivity (Wildman–Crippen MR) is 77.7 cm³/mol. The van der Waals surface area contributed by atoms with Gasteiger partial charge in [-0.2, -0.15) is 0 Å². The van der Waals surface area contributed by atoms with E-state index in [9.17, 15) is 4.79 Å². The molecule has 0 spiro atoms. The average molecular weight is 260 g/mol. The summed E-state index contributed by atoms with van der Waals surface area (Å²) in [6.45, 7) is 0.816. The van der Waals surface area contributed by atoms with Gasteiger partial charge < -0.3 is 10.6 Å². The van der Waals surface area contributed by atoms with Crippen LogP contribution in [0.25, 0.3) is 0 Å². The Balaban J connectivity index is 1.75. The SMILES string of the molecule is CN(CCCc1ccccc1)C(=O)C1CCCC1N. The van der Waals surface area contributed by atoms with Crippen molar-refractivity contribution >= 4 is 5.91 Å². The number of carbonyl (C=O) groups excluding carboxylic acids is 1. The van der Waals surface area contributed by atoms with Gasteiger partial charge in [-0.1, -0.05) is 36.8 Å². The summed E-state index contributed by atoms with van der Waals surface area (Å²) in [5.41, 5.74) is 7.32. The van der Waals surface area contributed by atoms with E-state index in [1.54, 1.807) is 0 Å². The minimum absolute atomic E-state index is 0.0572. The van der Waals surface area contributed by atoms with Crippen LogP contribution >= 0.6 is 0 Å². The summed E-state index contributed by atoms with van der Waals surface area (Å²) in [7, 11) is 1.90. The quantitative estimate of drug-likeness (QED) is 0.882. The van der Waals surface area contributed by atoms with E-state index >= 15 is 0 Å². The summed E-state index contributed by atoms with van der Waals surface area (Å²) < 4.78 is 0. The van der Waals surface area contributed by atoms with Crippen LogP contribution in [-0.4, -0.2) is 30.4 Å². The standard InChI is InChI=1S/C16H24N2O/c1-18(16(19)14-10-5-11-15(14)17)12-6-9-13-7-3-2-4-8-13/h2-4,7-8,14-15H,5-6,9-12,17H2,1H3. The fourth-order valence-corrected chi connectivity index (χ4v) is 2.85. The maximum atomic E-state index is 12.2. The van der Waals surface area contributed by atoms with E-state index < -0.39 is 0 Å². The van der Waals surface area contributed by atoms with Crippen molar-refractivity contribution in [3.63, 3.8) is 0 Å². The van der Waals surface area contributed by atoms with Crippen molar-refractivity contribution < 1.29 is 4.79 Å². The number of hydrogen-bond donors (Lipinski definition) is 1. The molecule has 0 aromatic heterocycles. The molecule has 1 aromatic carbocycles. The number of hydrogen-bond acceptors (Lipinski definition) is 2. The Morgan fingerprint density at radius 3 is 2.68 bits per heavy atom. The highest BCUT2D eigenvalue weighted by atomic mass is 16.2. The van der Waals surface area contributed by atoms with Gasteiger partial charge >= 0.3 is 0 Å². The molecule has 2 N–H and O–H groups in total. The van der Waals surface area contributed by atoms with Crippen LogP contribution in [0.4, 0.5) is 0 Å². The van der Waals surface area contributed by atoms with Crippen LogP contribution in [-0.2, 0) is 11.2 Å². The van der Waals surface area contributed by atoms with Crippen LogP contribution in [0.5, 0.6) is 0 Å². The van der Waals surface area contributed by atoms with E-state index in [0.717, 1.165) is 38.6 Å². The first-order valence-electron chi connectivity index (χ1n) is 7.23. The minimum atomic E-state index is 0.0572. The smallest absolute Gasteiger partial charge is 0.226 e. The minimum Gasteiger partial charge on any atom is -0.345 e. The second kappa shape index (κ2) is 6.71. The Labute approximate surface area is 115 Å². The molecule has 3 nitrogen and oxygen atoms in total. The number of carbonyl (C=O) groups is 1. The number of amides is 1. The van der Waals surface area contributed by atoms with Crippen LogP contribution in [0, 0.1) is 5.92 Å². The maximum Gasteiger partial charge on any atom is 0.226 e. The second-order valence-electron chi connectivity index (χ2n) is 5.55. The topological polar surface area (TPSA) is 46.3 Å². The first kappa shape index (κ1) is 14.1. The highest BCUT2D eigenvalue weighted by molar-refractivity contribution is 5.79. The van der Waals surface area contributed by atoms with Crippen molar-refractivity contribution in [1.29, 1.82) is 0 Å². The lowest BCUT2D eigenvalue weighted by Crippen LogP contribution is -2.40. The molecule has 2 unspecified atom stereocenters. The Hall–Kier alpha value is -1.35. The lowest BCUT2D eigenvalue weighted by atomic mass is 10.0. The van der Waals surface area contributed by atoms with Gasteiger partial charge in [0.25, 0.3) is 0 Å². The zero-order valence-electron chi connectivity index (χ0n) is 11.7. The van der Waals surface area contributed by atoms with Crippen molar-refractivity contribution in [1.82, 2.24) is 4.90 Å². The lowest BCUT2D eigenvalue weighted by molar-refractivity contribution is -0.134. The molecule has 0 radical (unpaired) electrons. The third kappa shape index (κ3) is 3.80. The van der Waals surface area contributed by atoms with Gasteiger partial charge in [-0.05, 0) is 31.2 Å². The molecule has 1 fully saturated rings. The monoisotopic (exact) mass is 260 g/mol. The predicted octanol–water partition coefficient (Wildman–Crippen LogP) is 2.21. The van der Waals surface area contributed by atoms with E-state index in [4.69, 9.17) is 5.73 Å². The highest BCUT2D eigenvalue weighted by Gasteiger charge is 2.31. The van der Waals surface area contributed by atoms with Crippen LogP contribution in [0.3, 0.4) is 0 Å². The summed E-state index contributed by atoms with van der Waals surface area (Å²) in [5.74, 6) is 0.291. The Bertz CT molecular complexity index is 404. The summed E-state index contributed by atoms with van der Waals surface area (Å²) in [4.78, 5) is 14.1. The molecule has 1 amide bonds. The molecule has 1 aromatic rings. The van der Waals surface area contributed by atoms with Crippen molar-refractivity contribution in [2.24, 2.45) is 11.7 Å². The van der Waals surface area contributed by atoms with E-state index in [-0.39, 0.29) is 17.9 Å². The van der Waals surface area contributed by atoms with E-state index in [0.29, 0.717) is 0 Å². The molecule has 0 aliphatic heterocycles. The third-order valence-electron chi connectivity index (χ3n) is 4.06. The van der Waals surface area contributed by atoms with Gasteiger partial charge in [-0.3, -0.25) is 4.79 Å². The van der Waals surface area contributed by atoms with Crippen LogP contribution in [0.1, 0.15) is 31.2 Å². The van der Waals surface area contributed by atoms with Gasteiger partial charge in [0.1, 0.15) is 0 Å². The number of benzene rings is 1. The molecule has 0 heterocycles. The molecule has 3 heteroatoms. The van der Waals surface area contributed by atoms with Gasteiger partial charge in [0.05, 0.1) is 5.92 Å². The van der Waals surface area contributed by atoms with Crippen molar-refractivity contribution in [3.05, 3.63) is 35.9 Å². The van der Waals surface area contributed by atoms with Crippen molar-refractivity contribution in [2.45, 2.75) is 38.1 Å². The molecule has 19 heavy (non-hydrogen) atoms. The van der Waals surface area contributed by atoms with Gasteiger partial charge in [-0.25, -0.2) is 0 Å². The molecule has 0 bridgehead atoms. The van der Waals surface area contributed by atoms with Gasteiger partial charge in [0, 0.05) is 19.6 Å². The van der Waals surface area contributed by atoms with Gasteiger partial charge in [-0.15, -0.1) is 0 Å². The summed E-state index contributed by atoms with van der Waals surface area (Å²) in [5, 5.41) is 0. The first-order chi connectivity index (χ1) is 9.18. The molecule has 1 saturated carbocycles. The normalized spacial score (nSPS) is 22.4. The van der Waals surface area contributed by atoms with Crippen LogP contribution in [0.15, 0.2) is 30.3 Å². The lowest BCUT2D eigenvalue weighted by Gasteiger charge is -2.23. The van der Waals surface area contributed by atoms with Gasteiger partial charge in [0.2, 0.25) is 5.91 Å². The number of nitrogens with zero attached hydrogens (tertiary/aromatic N) is 1. The molecule has 1 aliphatic rings. The number of nitrogens with two attached hydrogens (primary N) is 1. The summed E-state index contributed by atoms with van der Waals surface area (Å²) in [6.07, 6.45) is 5.08. The fraction of sp³-hybridized carbons (Fsp3) is 0.562. The zero-order valence-corrected chi connectivity index (χ0v) is 11.7. The van der Waals surface area contributed by atoms with E-state index in [1.165, 1.54) is 5.56 Å². The van der Waals surface area contributed by atoms with E-state index in [1.807, 2.05) is 18.0 Å². The maximum absolute atomic E-state index is 12.2. The molecule has 104 valence electrons. The second-order valence-corrected chi connectivity index (χ2v) is 5.55. The average Bonchev–Trinajstić information content (AvgIpc) is 2.85. The van der Waals surface area contributed by atoms with Crippen molar-refractivity contribution in [3.8, 4) is 0 Å². The molecule has 0 saturated heterocycles. The molecule has 2 rings (SSSR count). The summed E-state index contributed by atoms with van der Waals surface area (Å²) >= 11 is 0. The molecular weight excluding hydrogens is 236 g/mol. The Kier molecular flexibility index (Phi) is 4.97. The van der Waals surface area contributed by atoms with Gasteiger partial charge in [0.15, 0.2) is 0 Å². The molecular formula is C16H24N2O. The Morgan fingerprint density at radius 2 is 2.05 bits per heavy atom. The fourth-order valence-electron chi connectivity index (χ4n) is 2.85. The van der Waals surface area contributed by atoms with Crippen molar-refractivity contribution in [2.75, 3.05) is 13.6 Å². The number of rotatable bonds is 5. The first-order valence-corrected chi connectivity index (χ1v) is 7.23. The third-order valence-corrected chi connectivity index (χ3v) is 4.06. The van der Waals surface area contributed by atoms with Crippen LogP contribution < -0.4 is 5.73 Å². The molecule has 2 atom stereocenters.